The zero-order valence-corrected chi connectivity index (χ0v) is 9.54. The van der Waals surface area contributed by atoms with Crippen LogP contribution in [0.2, 0.25) is 0 Å². The lowest BCUT2D eigenvalue weighted by Crippen LogP contribution is -2.28. The monoisotopic (exact) mass is 240 g/mol. The standard InChI is InChI=1S/C11H16N2O4/c1-8(14)6-12-7-11(15)9-2-4-10(5-3-9)13(16)17/h2-5,8,11-12,14-15H,6-7H2,1H3. The van der Waals surface area contributed by atoms with Gasteiger partial charge in [0.1, 0.15) is 0 Å². The van der Waals surface area contributed by atoms with Gasteiger partial charge in [-0.15, -0.1) is 0 Å². The lowest BCUT2D eigenvalue weighted by molar-refractivity contribution is -0.384. The Kier molecular flexibility index (Phi) is 5.02. The molecule has 17 heavy (non-hydrogen) atoms. The van der Waals surface area contributed by atoms with Gasteiger partial charge in [0.2, 0.25) is 0 Å². The number of hydrogen-bond acceptors (Lipinski definition) is 5. The van der Waals surface area contributed by atoms with Gasteiger partial charge in [-0.2, -0.15) is 0 Å². The number of non-ortho nitro benzene ring substituents is 1. The van der Waals surface area contributed by atoms with Crippen molar-refractivity contribution in [3.8, 4) is 0 Å². The molecule has 0 saturated carbocycles. The molecule has 1 aromatic carbocycles. The van der Waals surface area contributed by atoms with Crippen LogP contribution in [0.1, 0.15) is 18.6 Å². The Morgan fingerprint density at radius 1 is 1.29 bits per heavy atom. The Hall–Kier alpha value is -1.50. The fourth-order valence-electron chi connectivity index (χ4n) is 1.36. The summed E-state index contributed by atoms with van der Waals surface area (Å²) < 4.78 is 0. The summed E-state index contributed by atoms with van der Waals surface area (Å²) >= 11 is 0. The molecule has 2 unspecified atom stereocenters. The van der Waals surface area contributed by atoms with Gasteiger partial charge in [-0.1, -0.05) is 0 Å². The number of nitro benzene ring substituents is 1. The van der Waals surface area contributed by atoms with Crippen LogP contribution in [0.4, 0.5) is 5.69 Å². The highest BCUT2D eigenvalue weighted by atomic mass is 16.6. The topological polar surface area (TPSA) is 95.6 Å². The summed E-state index contributed by atoms with van der Waals surface area (Å²) in [6.07, 6.45) is -1.21. The first-order valence-electron chi connectivity index (χ1n) is 5.32. The Morgan fingerprint density at radius 3 is 2.35 bits per heavy atom. The van der Waals surface area contributed by atoms with E-state index in [0.29, 0.717) is 18.7 Å². The highest BCUT2D eigenvalue weighted by Gasteiger charge is 2.10. The van der Waals surface area contributed by atoms with Crippen LogP contribution in [0.15, 0.2) is 24.3 Å². The third-order valence-electron chi connectivity index (χ3n) is 2.27. The Labute approximate surface area is 99.0 Å². The maximum Gasteiger partial charge on any atom is 0.269 e. The number of aliphatic hydroxyl groups is 2. The maximum atomic E-state index is 10.4. The van der Waals surface area contributed by atoms with Gasteiger partial charge in [-0.25, -0.2) is 0 Å². The van der Waals surface area contributed by atoms with Crippen molar-refractivity contribution in [1.82, 2.24) is 5.32 Å². The van der Waals surface area contributed by atoms with Crippen molar-refractivity contribution in [3.63, 3.8) is 0 Å². The zero-order chi connectivity index (χ0) is 12.8. The molecule has 0 fully saturated rings. The number of nitrogens with one attached hydrogen (secondary N) is 1. The van der Waals surface area contributed by atoms with Crippen LogP contribution in [0.3, 0.4) is 0 Å². The van der Waals surface area contributed by atoms with Crippen molar-refractivity contribution >= 4 is 5.69 Å². The Morgan fingerprint density at radius 2 is 1.88 bits per heavy atom. The molecule has 0 amide bonds. The molecule has 0 aliphatic heterocycles. The van der Waals surface area contributed by atoms with E-state index in [1.54, 1.807) is 6.92 Å². The molecular weight excluding hydrogens is 224 g/mol. The van der Waals surface area contributed by atoms with Gasteiger partial charge in [0.15, 0.2) is 0 Å². The molecule has 94 valence electrons. The van der Waals surface area contributed by atoms with Gasteiger partial charge in [-0.05, 0) is 24.6 Å². The summed E-state index contributed by atoms with van der Waals surface area (Å²) in [5.41, 5.74) is 0.603. The van der Waals surface area contributed by atoms with Crippen LogP contribution < -0.4 is 5.32 Å². The Balaban J connectivity index is 2.51. The van der Waals surface area contributed by atoms with E-state index in [0.717, 1.165) is 0 Å². The van der Waals surface area contributed by atoms with E-state index < -0.39 is 17.1 Å². The molecule has 6 nitrogen and oxygen atoms in total. The van der Waals surface area contributed by atoms with Gasteiger partial charge in [-0.3, -0.25) is 10.1 Å². The number of aliphatic hydroxyl groups excluding tert-OH is 2. The average molecular weight is 240 g/mol. The first-order chi connectivity index (χ1) is 8.00. The average Bonchev–Trinajstić information content (AvgIpc) is 2.28. The van der Waals surface area contributed by atoms with Crippen LogP contribution >= 0.6 is 0 Å². The predicted molar refractivity (Wildman–Crippen MR) is 62.6 cm³/mol. The lowest BCUT2D eigenvalue weighted by Gasteiger charge is -2.12. The van der Waals surface area contributed by atoms with Gasteiger partial charge in [0.25, 0.3) is 5.69 Å². The second-order valence-corrected chi connectivity index (χ2v) is 3.87. The van der Waals surface area contributed by atoms with Crippen molar-refractivity contribution in [2.45, 2.75) is 19.1 Å². The number of nitrogens with zero attached hydrogens (tertiary/aromatic N) is 1. The van der Waals surface area contributed by atoms with Gasteiger partial charge in [0.05, 0.1) is 17.1 Å². The second kappa shape index (κ2) is 6.29. The van der Waals surface area contributed by atoms with E-state index in [4.69, 9.17) is 5.11 Å². The van der Waals surface area contributed by atoms with E-state index in [-0.39, 0.29) is 5.69 Å². The fourth-order valence-corrected chi connectivity index (χ4v) is 1.36. The van der Waals surface area contributed by atoms with Crippen LogP contribution in [0.25, 0.3) is 0 Å². The summed E-state index contributed by atoms with van der Waals surface area (Å²) in [6.45, 7) is 2.33. The van der Waals surface area contributed by atoms with Crippen LogP contribution in [0, 0.1) is 10.1 Å². The summed E-state index contributed by atoms with van der Waals surface area (Å²) in [5.74, 6) is 0. The molecule has 1 rings (SSSR count). The molecule has 0 radical (unpaired) electrons. The van der Waals surface area contributed by atoms with E-state index in [9.17, 15) is 15.2 Å². The minimum absolute atomic E-state index is 0.00195. The molecule has 0 spiro atoms. The summed E-state index contributed by atoms with van der Waals surface area (Å²) in [6, 6.07) is 5.75. The molecule has 2 atom stereocenters. The first kappa shape index (κ1) is 13.6. The molecule has 0 aliphatic carbocycles. The quantitative estimate of drug-likeness (QED) is 0.500. The largest absolute Gasteiger partial charge is 0.392 e. The van der Waals surface area contributed by atoms with Crippen molar-refractivity contribution < 1.29 is 15.1 Å². The van der Waals surface area contributed by atoms with E-state index in [2.05, 4.69) is 5.32 Å². The van der Waals surface area contributed by atoms with E-state index in [1.807, 2.05) is 0 Å². The molecule has 0 heterocycles. The minimum atomic E-state index is -0.741. The highest BCUT2D eigenvalue weighted by Crippen LogP contribution is 2.17. The Bertz CT molecular complexity index is 364. The molecule has 3 N–H and O–H groups in total. The maximum absolute atomic E-state index is 10.4. The van der Waals surface area contributed by atoms with Gasteiger partial charge >= 0.3 is 0 Å². The predicted octanol–water partition coefficient (Wildman–Crippen LogP) is 0.599. The first-order valence-corrected chi connectivity index (χ1v) is 5.32. The van der Waals surface area contributed by atoms with E-state index in [1.165, 1.54) is 24.3 Å². The minimum Gasteiger partial charge on any atom is -0.392 e. The third kappa shape index (κ3) is 4.48. The number of nitro groups is 1. The van der Waals surface area contributed by atoms with Crippen LogP contribution in [-0.2, 0) is 0 Å². The number of benzene rings is 1. The van der Waals surface area contributed by atoms with Gasteiger partial charge < -0.3 is 15.5 Å². The lowest BCUT2D eigenvalue weighted by atomic mass is 10.1. The molecule has 0 aromatic heterocycles. The van der Waals surface area contributed by atoms with Crippen LogP contribution in [-0.4, -0.2) is 34.3 Å². The summed E-state index contributed by atoms with van der Waals surface area (Å²) in [5, 5.41) is 32.1. The molecule has 0 saturated heterocycles. The van der Waals surface area contributed by atoms with Crippen molar-refractivity contribution in [2.24, 2.45) is 0 Å². The zero-order valence-electron chi connectivity index (χ0n) is 9.54. The normalized spacial score (nSPS) is 14.3. The summed E-state index contributed by atoms with van der Waals surface area (Å²) in [7, 11) is 0. The van der Waals surface area contributed by atoms with Crippen molar-refractivity contribution in [1.29, 1.82) is 0 Å². The second-order valence-electron chi connectivity index (χ2n) is 3.87. The molecule has 0 bridgehead atoms. The molecule has 6 heteroatoms. The highest BCUT2D eigenvalue weighted by molar-refractivity contribution is 5.33. The van der Waals surface area contributed by atoms with Crippen LogP contribution in [0.5, 0.6) is 0 Å². The SMILES string of the molecule is CC(O)CNCC(O)c1ccc([N+](=O)[O-])cc1. The molecular formula is C11H16N2O4. The molecule has 0 aliphatic rings. The van der Waals surface area contributed by atoms with E-state index >= 15 is 0 Å². The fraction of sp³-hybridized carbons (Fsp3) is 0.455. The number of rotatable bonds is 6. The van der Waals surface area contributed by atoms with Crippen molar-refractivity contribution in [3.05, 3.63) is 39.9 Å². The third-order valence-corrected chi connectivity index (χ3v) is 2.27. The summed E-state index contributed by atoms with van der Waals surface area (Å²) in [4.78, 5) is 9.95. The smallest absolute Gasteiger partial charge is 0.269 e. The van der Waals surface area contributed by atoms with Crippen molar-refractivity contribution in [2.75, 3.05) is 13.1 Å². The number of hydrogen-bond donors (Lipinski definition) is 3. The van der Waals surface area contributed by atoms with Gasteiger partial charge in [0, 0.05) is 25.2 Å². The molecule has 1 aromatic rings.